The van der Waals surface area contributed by atoms with Gasteiger partial charge in [-0.2, -0.15) is 0 Å². The number of ether oxygens (including phenoxy) is 2. The van der Waals surface area contributed by atoms with Crippen molar-refractivity contribution in [1.29, 1.82) is 0 Å². The fourth-order valence-corrected chi connectivity index (χ4v) is 1.61. The molecule has 0 heterocycles. The van der Waals surface area contributed by atoms with Crippen molar-refractivity contribution in [3.05, 3.63) is 0 Å². The number of hydrogen-bond acceptors (Lipinski definition) is 4. The van der Waals surface area contributed by atoms with Crippen molar-refractivity contribution in [2.24, 2.45) is 0 Å². The molecule has 0 N–H and O–H groups in total. The number of carbonyl (C=O) groups excluding carboxylic acids is 2. The first-order valence-corrected chi connectivity index (χ1v) is 6.52. The van der Waals surface area contributed by atoms with Gasteiger partial charge in [-0.05, 0) is 27.7 Å². The molecule has 0 aliphatic heterocycles. The van der Waals surface area contributed by atoms with Gasteiger partial charge in [0.25, 0.3) is 0 Å². The normalized spacial score (nSPS) is 12.6. The molecule has 0 aromatic rings. The average Bonchev–Trinajstić information content (AvgIpc) is 2.32. The van der Waals surface area contributed by atoms with Crippen LogP contribution in [0.25, 0.3) is 0 Å². The highest BCUT2D eigenvalue weighted by molar-refractivity contribution is 5.86. The van der Waals surface area contributed by atoms with Gasteiger partial charge in [-0.1, -0.05) is 13.8 Å². The van der Waals surface area contributed by atoms with Gasteiger partial charge in [0.15, 0.2) is 11.6 Å². The van der Waals surface area contributed by atoms with Gasteiger partial charge < -0.3 is 9.47 Å². The second-order valence-corrected chi connectivity index (χ2v) is 5.27. The van der Waals surface area contributed by atoms with Gasteiger partial charge in [-0.15, -0.1) is 0 Å². The maximum absolute atomic E-state index is 11.6. The molecule has 106 valence electrons. The first kappa shape index (κ1) is 17.3. The minimum atomic E-state index is -0.781. The van der Waals surface area contributed by atoms with Gasteiger partial charge >= 0.3 is 0 Å². The molecular formula is C14H26O4. The predicted octanol–water partition coefficient (Wildman–Crippen LogP) is 2.54. The Balaban J connectivity index is 4.08. The minimum absolute atomic E-state index is 0.0615. The van der Waals surface area contributed by atoms with E-state index in [0.29, 0.717) is 26.1 Å². The Hall–Kier alpha value is -0.740. The highest BCUT2D eigenvalue weighted by atomic mass is 16.5. The Kier molecular flexibility index (Phi) is 6.71. The van der Waals surface area contributed by atoms with Crippen LogP contribution >= 0.6 is 0 Å². The smallest absolute Gasteiger partial charge is 0.163 e. The van der Waals surface area contributed by atoms with Gasteiger partial charge in [0.1, 0.15) is 11.2 Å². The van der Waals surface area contributed by atoms with Gasteiger partial charge in [0.2, 0.25) is 0 Å². The molecule has 4 nitrogen and oxygen atoms in total. The number of ketones is 2. The van der Waals surface area contributed by atoms with Gasteiger partial charge in [0.05, 0.1) is 13.2 Å². The van der Waals surface area contributed by atoms with Crippen LogP contribution in [0.1, 0.15) is 54.4 Å². The van der Waals surface area contributed by atoms with E-state index in [1.807, 2.05) is 13.8 Å². The summed E-state index contributed by atoms with van der Waals surface area (Å²) in [5, 5.41) is 0. The second kappa shape index (κ2) is 7.00. The van der Waals surface area contributed by atoms with E-state index in [-0.39, 0.29) is 11.6 Å². The van der Waals surface area contributed by atoms with Crippen molar-refractivity contribution in [2.75, 3.05) is 13.2 Å². The maximum Gasteiger partial charge on any atom is 0.163 e. The molecule has 0 amide bonds. The zero-order valence-electron chi connectivity index (χ0n) is 12.5. The summed E-state index contributed by atoms with van der Waals surface area (Å²) in [7, 11) is 0. The summed E-state index contributed by atoms with van der Waals surface area (Å²) in [6.07, 6.45) is 0.904. The summed E-state index contributed by atoms with van der Waals surface area (Å²) in [5.41, 5.74) is -1.56. The molecule has 0 aliphatic carbocycles. The van der Waals surface area contributed by atoms with E-state index in [1.54, 1.807) is 27.7 Å². The lowest BCUT2D eigenvalue weighted by Crippen LogP contribution is -2.38. The largest absolute Gasteiger partial charge is 0.365 e. The average molecular weight is 258 g/mol. The number of rotatable bonds is 9. The summed E-state index contributed by atoms with van der Waals surface area (Å²) in [4.78, 5) is 23.1. The third-order valence-corrected chi connectivity index (χ3v) is 2.99. The van der Waals surface area contributed by atoms with Gasteiger partial charge in [-0.25, -0.2) is 0 Å². The van der Waals surface area contributed by atoms with Crippen LogP contribution in [0.5, 0.6) is 0 Å². The summed E-state index contributed by atoms with van der Waals surface area (Å²) >= 11 is 0. The van der Waals surface area contributed by atoms with Crippen molar-refractivity contribution in [3.8, 4) is 0 Å². The van der Waals surface area contributed by atoms with Crippen molar-refractivity contribution in [1.82, 2.24) is 0 Å². The summed E-state index contributed by atoms with van der Waals surface area (Å²) in [6, 6.07) is 0. The van der Waals surface area contributed by atoms with Crippen molar-refractivity contribution in [3.63, 3.8) is 0 Å². The lowest BCUT2D eigenvalue weighted by Gasteiger charge is -2.26. The second-order valence-electron chi connectivity index (χ2n) is 5.27. The Morgan fingerprint density at radius 2 is 1.06 bits per heavy atom. The highest BCUT2D eigenvalue weighted by Gasteiger charge is 2.28. The first-order valence-electron chi connectivity index (χ1n) is 6.52. The van der Waals surface area contributed by atoms with E-state index in [9.17, 15) is 9.59 Å². The first-order chi connectivity index (χ1) is 8.17. The molecular weight excluding hydrogens is 232 g/mol. The topological polar surface area (TPSA) is 52.6 Å². The molecule has 0 aliphatic rings. The Morgan fingerprint density at radius 1 is 0.778 bits per heavy atom. The Bertz CT molecular complexity index is 262. The number of Topliss-reactive ketones (excluding diaryl/α,β-unsaturated/α-hetero) is 2. The van der Waals surface area contributed by atoms with Crippen LogP contribution in [0.15, 0.2) is 0 Å². The molecule has 4 heteroatoms. The standard InChI is InChI=1S/C14H26O4/c1-7-11(15)13(3,4)17-9-10-18-14(5,6)12(16)8-2/h7-10H2,1-6H3. The molecule has 0 radical (unpaired) electrons. The van der Waals surface area contributed by atoms with E-state index in [0.717, 1.165) is 0 Å². The zero-order valence-corrected chi connectivity index (χ0v) is 12.5. The van der Waals surface area contributed by atoms with Crippen LogP contribution in [0, 0.1) is 0 Å². The van der Waals surface area contributed by atoms with Gasteiger partial charge in [-0.3, -0.25) is 9.59 Å². The van der Waals surface area contributed by atoms with Crippen LogP contribution in [0.2, 0.25) is 0 Å². The van der Waals surface area contributed by atoms with Crippen LogP contribution in [-0.4, -0.2) is 36.0 Å². The van der Waals surface area contributed by atoms with Gasteiger partial charge in [0, 0.05) is 12.8 Å². The molecule has 18 heavy (non-hydrogen) atoms. The molecule has 0 rings (SSSR count). The van der Waals surface area contributed by atoms with Crippen molar-refractivity contribution < 1.29 is 19.1 Å². The molecule has 0 spiro atoms. The molecule has 0 unspecified atom stereocenters. The van der Waals surface area contributed by atoms with Crippen molar-refractivity contribution >= 4 is 11.6 Å². The fourth-order valence-electron chi connectivity index (χ4n) is 1.61. The van der Waals surface area contributed by atoms with Crippen LogP contribution < -0.4 is 0 Å². The molecule has 0 atom stereocenters. The summed E-state index contributed by atoms with van der Waals surface area (Å²) < 4.78 is 11.0. The van der Waals surface area contributed by atoms with E-state index in [2.05, 4.69) is 0 Å². The molecule has 0 saturated carbocycles. The lowest BCUT2D eigenvalue weighted by atomic mass is 10.0. The molecule has 0 bridgehead atoms. The number of carbonyl (C=O) groups is 2. The fraction of sp³-hybridized carbons (Fsp3) is 0.857. The SMILES string of the molecule is CCC(=O)C(C)(C)OCCOC(C)(C)C(=O)CC. The van der Waals surface area contributed by atoms with Crippen molar-refractivity contribution in [2.45, 2.75) is 65.6 Å². The van der Waals surface area contributed by atoms with Crippen LogP contribution in [0.3, 0.4) is 0 Å². The predicted molar refractivity (Wildman–Crippen MR) is 70.7 cm³/mol. The Morgan fingerprint density at radius 3 is 1.28 bits per heavy atom. The molecule has 0 aromatic carbocycles. The summed E-state index contributed by atoms with van der Waals surface area (Å²) in [6.45, 7) is 11.2. The summed E-state index contributed by atoms with van der Waals surface area (Å²) in [5.74, 6) is 0.123. The lowest BCUT2D eigenvalue weighted by molar-refractivity contribution is -0.150. The minimum Gasteiger partial charge on any atom is -0.365 e. The van der Waals surface area contributed by atoms with Crippen LogP contribution in [0.4, 0.5) is 0 Å². The maximum atomic E-state index is 11.6. The van der Waals surface area contributed by atoms with E-state index in [4.69, 9.17) is 9.47 Å². The third-order valence-electron chi connectivity index (χ3n) is 2.99. The van der Waals surface area contributed by atoms with E-state index < -0.39 is 11.2 Å². The Labute approximate surface area is 110 Å². The quantitative estimate of drug-likeness (QED) is 0.596. The highest BCUT2D eigenvalue weighted by Crippen LogP contribution is 2.15. The zero-order chi connectivity index (χ0) is 14.4. The molecule has 0 saturated heterocycles. The van der Waals surface area contributed by atoms with Crippen LogP contribution in [-0.2, 0) is 19.1 Å². The monoisotopic (exact) mass is 258 g/mol. The third kappa shape index (κ3) is 5.27. The number of hydrogen-bond donors (Lipinski definition) is 0. The molecule has 0 fully saturated rings. The molecule has 0 aromatic heterocycles. The van der Waals surface area contributed by atoms with E-state index in [1.165, 1.54) is 0 Å². The van der Waals surface area contributed by atoms with E-state index >= 15 is 0 Å².